The molecule has 0 saturated heterocycles. The molecule has 0 aliphatic carbocycles. The Balaban J connectivity index is 2.13. The second-order valence-electron chi connectivity index (χ2n) is 3.93. The number of nitrogen functional groups attached to an aromatic ring is 1. The molecule has 8 heteroatoms. The molecule has 0 aliphatic rings. The lowest BCUT2D eigenvalue weighted by Crippen LogP contribution is -2.24. The van der Waals surface area contributed by atoms with Gasteiger partial charge in [-0.25, -0.2) is 4.68 Å². The highest BCUT2D eigenvalue weighted by Crippen LogP contribution is 2.23. The summed E-state index contributed by atoms with van der Waals surface area (Å²) in [5.74, 6) is 6.63. The molecule has 2 rings (SSSR count). The van der Waals surface area contributed by atoms with Crippen LogP contribution in [0.4, 0.5) is 0 Å². The molecule has 1 aromatic carbocycles. The Labute approximate surface area is 125 Å². The van der Waals surface area contributed by atoms with Crippen LogP contribution in [0.15, 0.2) is 29.4 Å². The minimum atomic E-state index is -0.0650. The van der Waals surface area contributed by atoms with E-state index in [1.807, 2.05) is 19.1 Å². The normalized spacial score (nSPS) is 10.5. The van der Waals surface area contributed by atoms with Gasteiger partial charge in [-0.1, -0.05) is 35.5 Å². The number of nitrogens with zero attached hydrogens (tertiary/aromatic N) is 3. The zero-order valence-electron chi connectivity index (χ0n) is 10.8. The second-order valence-corrected chi connectivity index (χ2v) is 5.31. The molecule has 1 aromatic heterocycles. The van der Waals surface area contributed by atoms with Crippen molar-refractivity contribution in [1.82, 2.24) is 20.2 Å². The van der Waals surface area contributed by atoms with E-state index in [1.165, 1.54) is 16.4 Å². The molecule has 0 spiro atoms. The molecule has 0 saturated carbocycles. The monoisotopic (exact) mass is 311 g/mol. The van der Waals surface area contributed by atoms with Gasteiger partial charge in [0.2, 0.25) is 11.1 Å². The lowest BCUT2D eigenvalue weighted by atomic mass is 10.2. The fourth-order valence-corrected chi connectivity index (χ4v) is 2.45. The lowest BCUT2D eigenvalue weighted by molar-refractivity contribution is -0.118. The van der Waals surface area contributed by atoms with Gasteiger partial charge < -0.3 is 11.2 Å². The number of halogens is 1. The number of nitrogens with one attached hydrogen (secondary N) is 1. The first kappa shape index (κ1) is 14.7. The van der Waals surface area contributed by atoms with Crippen LogP contribution in [0, 0.1) is 0 Å². The van der Waals surface area contributed by atoms with Gasteiger partial charge in [-0.05, 0) is 19.1 Å². The number of amides is 1. The van der Waals surface area contributed by atoms with Crippen molar-refractivity contribution in [3.05, 3.63) is 29.3 Å². The van der Waals surface area contributed by atoms with Crippen LogP contribution in [0.5, 0.6) is 0 Å². The highest BCUT2D eigenvalue weighted by molar-refractivity contribution is 7.99. The van der Waals surface area contributed by atoms with Crippen LogP contribution in [-0.4, -0.2) is 33.1 Å². The van der Waals surface area contributed by atoms with Gasteiger partial charge in [0.25, 0.3) is 0 Å². The van der Waals surface area contributed by atoms with Gasteiger partial charge in [0, 0.05) is 17.1 Å². The third-order valence-corrected chi connectivity index (χ3v) is 3.63. The summed E-state index contributed by atoms with van der Waals surface area (Å²) in [6, 6.07) is 7.19. The molecular formula is C12H14ClN5OS. The number of rotatable bonds is 5. The molecule has 0 unspecified atom stereocenters. The largest absolute Gasteiger partial charge is 0.356 e. The molecule has 6 nitrogen and oxygen atoms in total. The molecule has 2 aromatic rings. The predicted molar refractivity (Wildman–Crippen MR) is 80.0 cm³/mol. The standard InChI is InChI=1S/C12H14ClN5OS/c1-2-15-10(19)7-20-12-17-16-11(18(12)14)8-4-3-5-9(13)6-8/h3-6H,2,7,14H2,1H3,(H,15,19). The van der Waals surface area contributed by atoms with Crippen molar-refractivity contribution in [2.75, 3.05) is 18.1 Å². The van der Waals surface area contributed by atoms with Crippen LogP contribution in [0.2, 0.25) is 5.02 Å². The number of aromatic nitrogens is 3. The van der Waals surface area contributed by atoms with E-state index in [1.54, 1.807) is 12.1 Å². The lowest BCUT2D eigenvalue weighted by Gasteiger charge is -2.04. The van der Waals surface area contributed by atoms with Crippen LogP contribution >= 0.6 is 23.4 Å². The summed E-state index contributed by atoms with van der Waals surface area (Å²) in [7, 11) is 0. The van der Waals surface area contributed by atoms with Gasteiger partial charge >= 0.3 is 0 Å². The van der Waals surface area contributed by atoms with Crippen molar-refractivity contribution in [3.63, 3.8) is 0 Å². The number of carbonyl (C=O) groups excluding carboxylic acids is 1. The maximum Gasteiger partial charge on any atom is 0.230 e. The maximum atomic E-state index is 11.4. The molecule has 0 bridgehead atoms. The molecule has 0 aliphatic heterocycles. The van der Waals surface area contributed by atoms with E-state index in [0.717, 1.165) is 5.56 Å². The Morgan fingerprint density at radius 2 is 2.30 bits per heavy atom. The minimum Gasteiger partial charge on any atom is -0.356 e. The maximum absolute atomic E-state index is 11.4. The Morgan fingerprint density at radius 3 is 3.00 bits per heavy atom. The molecule has 106 valence electrons. The Bertz CT molecular complexity index is 616. The van der Waals surface area contributed by atoms with Crippen molar-refractivity contribution < 1.29 is 4.79 Å². The number of thioether (sulfide) groups is 1. The molecule has 1 amide bonds. The molecule has 0 fully saturated rings. The third-order valence-electron chi connectivity index (χ3n) is 2.45. The van der Waals surface area contributed by atoms with E-state index in [2.05, 4.69) is 15.5 Å². The highest BCUT2D eigenvalue weighted by Gasteiger charge is 2.13. The number of benzene rings is 1. The zero-order chi connectivity index (χ0) is 14.5. The van der Waals surface area contributed by atoms with Crippen LogP contribution in [0.3, 0.4) is 0 Å². The summed E-state index contributed by atoms with van der Waals surface area (Å²) in [5.41, 5.74) is 0.775. The van der Waals surface area contributed by atoms with E-state index in [4.69, 9.17) is 17.4 Å². The van der Waals surface area contributed by atoms with Gasteiger partial charge in [0.05, 0.1) is 5.75 Å². The SMILES string of the molecule is CCNC(=O)CSc1nnc(-c2cccc(Cl)c2)n1N. The van der Waals surface area contributed by atoms with Crippen LogP contribution in [0.1, 0.15) is 6.92 Å². The fourth-order valence-electron chi connectivity index (χ4n) is 1.58. The van der Waals surface area contributed by atoms with E-state index in [-0.39, 0.29) is 11.7 Å². The van der Waals surface area contributed by atoms with Crippen LogP contribution in [-0.2, 0) is 4.79 Å². The molecule has 3 N–H and O–H groups in total. The summed E-state index contributed by atoms with van der Waals surface area (Å²) >= 11 is 7.17. The summed E-state index contributed by atoms with van der Waals surface area (Å²) < 4.78 is 1.36. The zero-order valence-corrected chi connectivity index (χ0v) is 12.4. The molecule has 0 atom stereocenters. The quantitative estimate of drug-likeness (QED) is 0.646. The van der Waals surface area contributed by atoms with Crippen molar-refractivity contribution in [2.24, 2.45) is 0 Å². The number of carbonyl (C=O) groups is 1. The Hall–Kier alpha value is -1.73. The summed E-state index contributed by atoms with van der Waals surface area (Å²) in [6.45, 7) is 2.47. The van der Waals surface area contributed by atoms with Gasteiger partial charge in [0.1, 0.15) is 0 Å². The summed E-state index contributed by atoms with van der Waals surface area (Å²) in [6.07, 6.45) is 0. The Morgan fingerprint density at radius 1 is 1.50 bits per heavy atom. The molecule has 0 radical (unpaired) electrons. The highest BCUT2D eigenvalue weighted by atomic mass is 35.5. The molecular weight excluding hydrogens is 298 g/mol. The van der Waals surface area contributed by atoms with Crippen molar-refractivity contribution in [2.45, 2.75) is 12.1 Å². The van der Waals surface area contributed by atoms with Gasteiger partial charge in [-0.2, -0.15) is 0 Å². The fraction of sp³-hybridized carbons (Fsp3) is 0.250. The molecule has 1 heterocycles. The topological polar surface area (TPSA) is 85.8 Å². The molecule has 20 heavy (non-hydrogen) atoms. The first-order chi connectivity index (χ1) is 9.61. The first-order valence-electron chi connectivity index (χ1n) is 5.97. The van der Waals surface area contributed by atoms with E-state index in [9.17, 15) is 4.79 Å². The van der Waals surface area contributed by atoms with E-state index >= 15 is 0 Å². The smallest absolute Gasteiger partial charge is 0.230 e. The first-order valence-corrected chi connectivity index (χ1v) is 7.34. The van der Waals surface area contributed by atoms with Gasteiger partial charge in [0.15, 0.2) is 5.82 Å². The van der Waals surface area contributed by atoms with Crippen LogP contribution < -0.4 is 11.2 Å². The van der Waals surface area contributed by atoms with Crippen molar-refractivity contribution >= 4 is 29.3 Å². The Kier molecular flexibility index (Phi) is 4.86. The second kappa shape index (κ2) is 6.62. The van der Waals surface area contributed by atoms with E-state index in [0.29, 0.717) is 22.5 Å². The van der Waals surface area contributed by atoms with E-state index < -0.39 is 0 Å². The number of hydrogen-bond donors (Lipinski definition) is 2. The van der Waals surface area contributed by atoms with Gasteiger partial charge in [-0.3, -0.25) is 4.79 Å². The minimum absolute atomic E-state index is 0.0650. The summed E-state index contributed by atoms with van der Waals surface area (Å²) in [5, 5.41) is 11.8. The average Bonchev–Trinajstić information content (AvgIpc) is 2.78. The van der Waals surface area contributed by atoms with Crippen molar-refractivity contribution in [3.8, 4) is 11.4 Å². The van der Waals surface area contributed by atoms with Crippen LogP contribution in [0.25, 0.3) is 11.4 Å². The van der Waals surface area contributed by atoms with Crippen molar-refractivity contribution in [1.29, 1.82) is 0 Å². The van der Waals surface area contributed by atoms with Gasteiger partial charge in [-0.15, -0.1) is 10.2 Å². The number of hydrogen-bond acceptors (Lipinski definition) is 5. The average molecular weight is 312 g/mol. The summed E-state index contributed by atoms with van der Waals surface area (Å²) in [4.78, 5) is 11.4. The predicted octanol–water partition coefficient (Wildman–Crippen LogP) is 1.54. The number of nitrogens with two attached hydrogens (primary N) is 1. The third kappa shape index (κ3) is 3.43.